The Morgan fingerprint density at radius 2 is 1.88 bits per heavy atom. The average Bonchev–Trinajstić information content (AvgIpc) is 3.10. The molecule has 1 heterocycles. The van der Waals surface area contributed by atoms with Gasteiger partial charge in [0.1, 0.15) is 0 Å². The highest BCUT2D eigenvalue weighted by Crippen LogP contribution is 2.22. The molecule has 100 valence electrons. The average molecular weight is 263 g/mol. The zero-order valence-electron chi connectivity index (χ0n) is 9.97. The highest BCUT2D eigenvalue weighted by atomic mass is 32.2. The molecule has 0 unspecified atom stereocenters. The van der Waals surface area contributed by atoms with E-state index in [0.29, 0.717) is 26.2 Å². The summed E-state index contributed by atoms with van der Waals surface area (Å²) in [5.74, 6) is 0. The first kappa shape index (κ1) is 13.2. The zero-order chi connectivity index (χ0) is 12.3. The molecule has 0 amide bonds. The minimum absolute atomic E-state index is 0.158. The molecule has 2 rings (SSSR count). The lowest BCUT2D eigenvalue weighted by molar-refractivity contribution is 0.0256. The topological polar surface area (TPSA) is 84.7 Å². The van der Waals surface area contributed by atoms with Gasteiger partial charge in [-0.25, -0.2) is 0 Å². The van der Waals surface area contributed by atoms with E-state index in [2.05, 4.69) is 4.72 Å². The van der Waals surface area contributed by atoms with Gasteiger partial charge in [-0.05, 0) is 25.7 Å². The highest BCUT2D eigenvalue weighted by molar-refractivity contribution is 7.87. The number of hydrogen-bond acceptors (Lipinski definition) is 4. The molecule has 0 radical (unpaired) electrons. The second-order valence-corrected chi connectivity index (χ2v) is 6.36. The second-order valence-electron chi connectivity index (χ2n) is 4.66. The number of hydrogen-bond donors (Lipinski definition) is 2. The van der Waals surface area contributed by atoms with Crippen molar-refractivity contribution in [1.82, 2.24) is 9.03 Å². The summed E-state index contributed by atoms with van der Waals surface area (Å²) in [5.41, 5.74) is 5.36. The van der Waals surface area contributed by atoms with E-state index in [4.69, 9.17) is 10.5 Å². The first-order chi connectivity index (χ1) is 8.12. The van der Waals surface area contributed by atoms with E-state index in [9.17, 15) is 8.42 Å². The van der Waals surface area contributed by atoms with Crippen LogP contribution < -0.4 is 10.5 Å². The normalized spacial score (nSPS) is 24.1. The van der Waals surface area contributed by atoms with E-state index in [1.807, 2.05) is 0 Å². The molecule has 1 aliphatic carbocycles. The summed E-state index contributed by atoms with van der Waals surface area (Å²) in [6.45, 7) is 2.15. The van der Waals surface area contributed by atoms with Crippen LogP contribution in [0.4, 0.5) is 0 Å². The number of ether oxygens (including phenoxy) is 1. The van der Waals surface area contributed by atoms with Crippen molar-refractivity contribution in [2.75, 3.05) is 26.2 Å². The van der Waals surface area contributed by atoms with Gasteiger partial charge in [-0.2, -0.15) is 17.4 Å². The summed E-state index contributed by atoms with van der Waals surface area (Å²) in [5, 5.41) is 0. The van der Waals surface area contributed by atoms with Gasteiger partial charge in [0.05, 0.1) is 12.7 Å². The zero-order valence-corrected chi connectivity index (χ0v) is 10.8. The van der Waals surface area contributed by atoms with Gasteiger partial charge in [0, 0.05) is 25.7 Å². The van der Waals surface area contributed by atoms with Crippen LogP contribution in [0.15, 0.2) is 0 Å². The fraction of sp³-hybridized carbons (Fsp3) is 1.00. The van der Waals surface area contributed by atoms with E-state index in [1.165, 1.54) is 4.31 Å². The summed E-state index contributed by atoms with van der Waals surface area (Å²) in [4.78, 5) is 0. The number of rotatable bonds is 6. The van der Waals surface area contributed by atoms with Crippen molar-refractivity contribution in [1.29, 1.82) is 0 Å². The van der Waals surface area contributed by atoms with E-state index < -0.39 is 10.2 Å². The van der Waals surface area contributed by atoms with E-state index in [0.717, 1.165) is 25.7 Å². The van der Waals surface area contributed by atoms with Crippen LogP contribution in [0.3, 0.4) is 0 Å². The van der Waals surface area contributed by atoms with Crippen LogP contribution in [0.2, 0.25) is 0 Å². The van der Waals surface area contributed by atoms with Crippen LogP contribution in [-0.4, -0.2) is 51.1 Å². The molecule has 0 aromatic heterocycles. The van der Waals surface area contributed by atoms with Gasteiger partial charge in [0.2, 0.25) is 0 Å². The predicted molar refractivity (Wildman–Crippen MR) is 64.7 cm³/mol. The van der Waals surface area contributed by atoms with Gasteiger partial charge in [-0.3, -0.25) is 0 Å². The van der Waals surface area contributed by atoms with Gasteiger partial charge in [0.15, 0.2) is 0 Å². The molecule has 2 fully saturated rings. The number of piperidine rings is 1. The Morgan fingerprint density at radius 1 is 1.24 bits per heavy atom. The Hall–Kier alpha value is -0.210. The molecular weight excluding hydrogens is 242 g/mol. The van der Waals surface area contributed by atoms with E-state index in [1.54, 1.807) is 0 Å². The van der Waals surface area contributed by atoms with E-state index >= 15 is 0 Å². The Kier molecular flexibility index (Phi) is 4.37. The van der Waals surface area contributed by atoms with Crippen molar-refractivity contribution < 1.29 is 13.2 Å². The highest BCUT2D eigenvalue weighted by Gasteiger charge is 2.33. The lowest BCUT2D eigenvalue weighted by Crippen LogP contribution is -2.47. The fourth-order valence-electron chi connectivity index (χ4n) is 1.96. The molecule has 1 aliphatic heterocycles. The molecule has 1 saturated heterocycles. The molecule has 0 spiro atoms. The summed E-state index contributed by atoms with van der Waals surface area (Å²) in [6, 6.07) is 0.172. The Bertz CT molecular complexity index is 335. The maximum atomic E-state index is 11.9. The molecule has 7 heteroatoms. The Morgan fingerprint density at radius 3 is 2.41 bits per heavy atom. The van der Waals surface area contributed by atoms with Crippen LogP contribution in [0, 0.1) is 0 Å². The van der Waals surface area contributed by atoms with Crippen LogP contribution in [-0.2, 0) is 14.9 Å². The molecule has 2 aliphatic rings. The van der Waals surface area contributed by atoms with Crippen LogP contribution >= 0.6 is 0 Å². The third-order valence-corrected chi connectivity index (χ3v) is 4.78. The summed E-state index contributed by atoms with van der Waals surface area (Å²) in [7, 11) is -3.26. The maximum absolute atomic E-state index is 11.9. The summed E-state index contributed by atoms with van der Waals surface area (Å²) >= 11 is 0. The number of nitrogens with one attached hydrogen (secondary N) is 1. The summed E-state index contributed by atoms with van der Waals surface area (Å²) < 4.78 is 33.6. The molecule has 0 bridgehead atoms. The van der Waals surface area contributed by atoms with Crippen LogP contribution in [0.25, 0.3) is 0 Å². The van der Waals surface area contributed by atoms with Gasteiger partial charge < -0.3 is 10.5 Å². The third-order valence-electron chi connectivity index (χ3n) is 3.11. The minimum atomic E-state index is -3.26. The Balaban J connectivity index is 1.77. The lowest BCUT2D eigenvalue weighted by atomic mass is 10.1. The maximum Gasteiger partial charge on any atom is 0.279 e. The monoisotopic (exact) mass is 263 g/mol. The molecule has 6 nitrogen and oxygen atoms in total. The van der Waals surface area contributed by atoms with Gasteiger partial charge >= 0.3 is 0 Å². The Labute approximate surface area is 103 Å². The van der Waals surface area contributed by atoms with Gasteiger partial charge in [0.25, 0.3) is 10.2 Å². The first-order valence-electron chi connectivity index (χ1n) is 6.21. The largest absolute Gasteiger partial charge is 0.377 e. The molecule has 3 N–H and O–H groups in total. The van der Waals surface area contributed by atoms with Gasteiger partial charge in [-0.15, -0.1) is 0 Å². The van der Waals surface area contributed by atoms with Crippen molar-refractivity contribution in [3.63, 3.8) is 0 Å². The third kappa shape index (κ3) is 3.89. The second kappa shape index (κ2) is 5.62. The SMILES string of the molecule is NCCOC1CCN(S(=O)(=O)NC2CC2)CC1. The smallest absolute Gasteiger partial charge is 0.279 e. The van der Waals surface area contributed by atoms with Crippen molar-refractivity contribution >= 4 is 10.2 Å². The quantitative estimate of drug-likeness (QED) is 0.671. The lowest BCUT2D eigenvalue weighted by Gasteiger charge is -2.31. The van der Waals surface area contributed by atoms with Gasteiger partial charge in [-0.1, -0.05) is 0 Å². The predicted octanol–water partition coefficient (Wildman–Crippen LogP) is -0.577. The fourth-order valence-corrected chi connectivity index (χ4v) is 3.46. The van der Waals surface area contributed by atoms with Crippen molar-refractivity contribution in [2.24, 2.45) is 5.73 Å². The minimum Gasteiger partial charge on any atom is -0.377 e. The standard InChI is InChI=1S/C10H21N3O3S/c11-5-8-16-10-3-6-13(7-4-10)17(14,15)12-9-1-2-9/h9-10,12H,1-8,11H2. The molecule has 1 saturated carbocycles. The molecule has 0 aromatic carbocycles. The van der Waals surface area contributed by atoms with Crippen molar-refractivity contribution in [3.05, 3.63) is 0 Å². The first-order valence-corrected chi connectivity index (χ1v) is 7.65. The molecule has 17 heavy (non-hydrogen) atoms. The molecular formula is C10H21N3O3S. The van der Waals surface area contributed by atoms with Crippen molar-refractivity contribution in [3.8, 4) is 0 Å². The van der Waals surface area contributed by atoms with Crippen LogP contribution in [0.1, 0.15) is 25.7 Å². The number of nitrogens with zero attached hydrogens (tertiary/aromatic N) is 1. The molecule has 0 aromatic rings. The molecule has 0 atom stereocenters. The summed E-state index contributed by atoms with van der Waals surface area (Å²) in [6.07, 6.45) is 3.60. The number of nitrogens with two attached hydrogens (primary N) is 1. The van der Waals surface area contributed by atoms with Crippen LogP contribution in [0.5, 0.6) is 0 Å². The van der Waals surface area contributed by atoms with Crippen molar-refractivity contribution in [2.45, 2.75) is 37.8 Å². The van der Waals surface area contributed by atoms with E-state index in [-0.39, 0.29) is 12.1 Å².